The predicted molar refractivity (Wildman–Crippen MR) is 117 cm³/mol. The van der Waals surface area contributed by atoms with Crippen molar-refractivity contribution >= 4 is 11.9 Å². The summed E-state index contributed by atoms with van der Waals surface area (Å²) in [6.45, 7) is 11.9. The largest absolute Gasteiger partial charge is 2.00 e. The number of carbonyl (C=O) groups excluding carboxylic acids is 2. The molecule has 0 saturated carbocycles. The zero-order chi connectivity index (χ0) is 22.8. The van der Waals surface area contributed by atoms with Gasteiger partial charge in [0, 0.05) is 23.8 Å². The molecule has 0 aliphatic carbocycles. The molecule has 0 N–H and O–H groups in total. The second-order valence-corrected chi connectivity index (χ2v) is 8.76. The Morgan fingerprint density at radius 1 is 0.613 bits per heavy atom. The molecule has 173 valence electrons. The Hall–Kier alpha value is -2.10. The van der Waals surface area contributed by atoms with Gasteiger partial charge in [0.1, 0.15) is 0 Å². The van der Waals surface area contributed by atoms with Crippen molar-refractivity contribution in [3.8, 4) is 0 Å². The molecule has 2 aromatic carbocycles. The second-order valence-electron chi connectivity index (χ2n) is 8.76. The van der Waals surface area contributed by atoms with Crippen molar-refractivity contribution in [2.75, 3.05) is 0 Å². The van der Waals surface area contributed by atoms with Gasteiger partial charge in [-0.1, -0.05) is 90.1 Å². The van der Waals surface area contributed by atoms with E-state index in [2.05, 4.69) is 27.7 Å². The Balaban J connectivity index is 0.000000562. The van der Waals surface area contributed by atoms with Crippen LogP contribution in [0.15, 0.2) is 48.5 Å². The van der Waals surface area contributed by atoms with Crippen molar-refractivity contribution in [3.05, 3.63) is 70.8 Å². The van der Waals surface area contributed by atoms with E-state index in [-0.39, 0.29) is 17.1 Å². The molecule has 2 atom stereocenters. The summed E-state index contributed by atoms with van der Waals surface area (Å²) < 4.78 is 0. The van der Waals surface area contributed by atoms with Gasteiger partial charge in [-0.05, 0) is 46.9 Å². The minimum atomic E-state index is -1.02. The summed E-state index contributed by atoms with van der Waals surface area (Å²) in [4.78, 5) is 21.3. The van der Waals surface area contributed by atoms with Gasteiger partial charge in [-0.25, -0.2) is 0 Å². The van der Waals surface area contributed by atoms with Crippen LogP contribution in [-0.2, 0) is 39.5 Å². The summed E-state index contributed by atoms with van der Waals surface area (Å²) >= 11 is 0. The molecule has 2 rings (SSSR count). The predicted octanol–water partition coefficient (Wildman–Crippen LogP) is 3.47. The molecule has 0 aromatic heterocycles. The number of hydrogen-bond donors (Lipinski definition) is 0. The van der Waals surface area contributed by atoms with Crippen molar-refractivity contribution in [2.45, 2.75) is 66.2 Å². The first kappa shape index (κ1) is 28.9. The van der Waals surface area contributed by atoms with E-state index >= 15 is 0 Å². The Labute approximate surface area is 197 Å². The Morgan fingerprint density at radius 2 is 0.871 bits per heavy atom. The first-order valence-corrected chi connectivity index (χ1v) is 10.6. The fourth-order valence-corrected chi connectivity index (χ4v) is 3.10. The van der Waals surface area contributed by atoms with Crippen LogP contribution in [0, 0.1) is 11.8 Å². The maximum Gasteiger partial charge on any atom is 2.00 e. The normalized spacial score (nSPS) is 12.4. The van der Waals surface area contributed by atoms with E-state index in [1.165, 1.54) is 11.1 Å². The maximum absolute atomic E-state index is 10.7. The van der Waals surface area contributed by atoms with Crippen LogP contribution in [0.4, 0.5) is 0 Å². The van der Waals surface area contributed by atoms with Gasteiger partial charge in [0.25, 0.3) is 0 Å². The summed E-state index contributed by atoms with van der Waals surface area (Å²) in [7, 11) is 0. The van der Waals surface area contributed by atoms with Gasteiger partial charge in [0.05, 0.1) is 0 Å². The minimum Gasteiger partial charge on any atom is -0.550 e. The molecule has 0 heterocycles. The van der Waals surface area contributed by atoms with Crippen LogP contribution >= 0.6 is 0 Å². The number of carbonyl (C=O) groups is 2. The third kappa shape index (κ3) is 10.7. The quantitative estimate of drug-likeness (QED) is 0.550. The number of carboxylic acid groups (broad SMARTS) is 2. The van der Waals surface area contributed by atoms with Crippen molar-refractivity contribution in [2.24, 2.45) is 11.8 Å². The molecular weight excluding hydrogens is 440 g/mol. The average Bonchev–Trinajstić information content (AvgIpc) is 2.67. The number of aliphatic carboxylic acids is 2. The summed E-state index contributed by atoms with van der Waals surface area (Å²) in [5.74, 6) is -1.86. The molecule has 0 aliphatic heterocycles. The molecule has 4 nitrogen and oxygen atoms in total. The summed E-state index contributed by atoms with van der Waals surface area (Å²) in [5.41, 5.74) is 4.11. The molecule has 0 fully saturated rings. The molecule has 1 radical (unpaired) electrons. The van der Waals surface area contributed by atoms with Gasteiger partial charge < -0.3 is 19.8 Å². The number of carboxylic acids is 2. The second kappa shape index (κ2) is 14.1. The van der Waals surface area contributed by atoms with Crippen LogP contribution < -0.4 is 10.2 Å². The first-order valence-electron chi connectivity index (χ1n) is 10.6. The molecule has 2 aromatic rings. The number of benzene rings is 2. The smallest absolute Gasteiger partial charge is 0.550 e. The maximum atomic E-state index is 10.7. The van der Waals surface area contributed by atoms with Crippen LogP contribution in [-0.4, -0.2) is 11.9 Å². The van der Waals surface area contributed by atoms with E-state index in [9.17, 15) is 19.8 Å². The van der Waals surface area contributed by atoms with E-state index < -0.39 is 23.8 Å². The third-order valence-corrected chi connectivity index (χ3v) is 4.95. The van der Waals surface area contributed by atoms with Gasteiger partial charge >= 0.3 is 17.1 Å². The molecule has 31 heavy (non-hydrogen) atoms. The van der Waals surface area contributed by atoms with Gasteiger partial charge in [0.2, 0.25) is 0 Å². The molecule has 0 amide bonds. The van der Waals surface area contributed by atoms with E-state index in [1.54, 1.807) is 13.8 Å². The zero-order valence-corrected chi connectivity index (χ0v) is 20.2. The third-order valence-electron chi connectivity index (χ3n) is 4.95. The minimum absolute atomic E-state index is 0. The van der Waals surface area contributed by atoms with Crippen LogP contribution in [0.1, 0.15) is 75.6 Å². The van der Waals surface area contributed by atoms with E-state index in [0.29, 0.717) is 11.8 Å². The molecule has 0 bridgehead atoms. The number of rotatable bonds is 8. The van der Waals surface area contributed by atoms with E-state index in [0.717, 1.165) is 24.0 Å². The molecule has 0 aliphatic rings. The van der Waals surface area contributed by atoms with Crippen molar-refractivity contribution in [3.63, 3.8) is 0 Å². The molecule has 5 heteroatoms. The van der Waals surface area contributed by atoms with Crippen LogP contribution in [0.3, 0.4) is 0 Å². The molecular formula is C26H34CuO4. The fraction of sp³-hybridized carbons (Fsp3) is 0.462. The van der Waals surface area contributed by atoms with Gasteiger partial charge in [-0.2, -0.15) is 0 Å². The SMILES string of the molecule is CC(C)Cc1ccc(C(C)C(=O)[O-])cc1.CC(C)Cc1ccc(C(C)C(=O)[O-])cc1.[Cu+2]. The zero-order valence-electron chi connectivity index (χ0n) is 19.3. The van der Waals surface area contributed by atoms with Crippen molar-refractivity contribution in [1.29, 1.82) is 0 Å². The monoisotopic (exact) mass is 473 g/mol. The average molecular weight is 474 g/mol. The number of hydrogen-bond acceptors (Lipinski definition) is 4. The summed E-state index contributed by atoms with van der Waals surface area (Å²) in [6.07, 6.45) is 2.06. The van der Waals surface area contributed by atoms with Crippen molar-refractivity contribution < 1.29 is 36.9 Å². The van der Waals surface area contributed by atoms with Crippen molar-refractivity contribution in [1.82, 2.24) is 0 Å². The molecule has 0 saturated heterocycles. The molecule has 2 unspecified atom stereocenters. The van der Waals surface area contributed by atoms with Crippen LogP contribution in [0.25, 0.3) is 0 Å². The van der Waals surface area contributed by atoms with E-state index in [4.69, 9.17) is 0 Å². The summed E-state index contributed by atoms with van der Waals surface area (Å²) in [6, 6.07) is 15.5. The van der Waals surface area contributed by atoms with Gasteiger partial charge in [-0.15, -0.1) is 0 Å². The van der Waals surface area contributed by atoms with Gasteiger partial charge in [-0.3, -0.25) is 0 Å². The Kier molecular flexibility index (Phi) is 13.1. The standard InChI is InChI=1S/2C13H18O2.Cu/c2*1-9(2)8-11-4-6-12(7-5-11)10(3)13(14)15;/h2*4-7,9-10H,8H2,1-3H3,(H,14,15);/q;;+2/p-2. The Morgan fingerprint density at radius 3 is 1.06 bits per heavy atom. The fourth-order valence-electron chi connectivity index (χ4n) is 3.10. The molecule has 0 spiro atoms. The topological polar surface area (TPSA) is 80.3 Å². The first-order chi connectivity index (χ1) is 14.0. The van der Waals surface area contributed by atoms with E-state index in [1.807, 2.05) is 48.5 Å². The summed E-state index contributed by atoms with van der Waals surface area (Å²) in [5, 5.41) is 21.3. The van der Waals surface area contributed by atoms with Crippen LogP contribution in [0.2, 0.25) is 0 Å². The van der Waals surface area contributed by atoms with Crippen LogP contribution in [0.5, 0.6) is 0 Å². The Bertz CT molecular complexity index is 726. The van der Waals surface area contributed by atoms with Gasteiger partial charge in [0.15, 0.2) is 0 Å².